The summed E-state index contributed by atoms with van der Waals surface area (Å²) >= 11 is 0. The number of hydrogen-bond acceptors (Lipinski definition) is 4. The van der Waals surface area contributed by atoms with E-state index in [0.717, 1.165) is 31.6 Å². The van der Waals surface area contributed by atoms with Crippen molar-refractivity contribution < 1.29 is 9.53 Å². The Bertz CT molecular complexity index is 641. The Morgan fingerprint density at radius 2 is 2.22 bits per heavy atom. The SMILES string of the molecule is CC[C@@H]1OCCC[C@H]1C(=O)NCc1ncnn1-c1ccccc1. The minimum atomic E-state index is -0.0677. The fourth-order valence-electron chi connectivity index (χ4n) is 3.01. The molecule has 2 atom stereocenters. The molecule has 1 aliphatic rings. The van der Waals surface area contributed by atoms with Gasteiger partial charge in [-0.15, -0.1) is 0 Å². The average molecular weight is 314 g/mol. The molecule has 1 amide bonds. The number of carbonyl (C=O) groups excluding carboxylic acids is 1. The van der Waals surface area contributed by atoms with E-state index in [2.05, 4.69) is 22.3 Å². The van der Waals surface area contributed by atoms with Gasteiger partial charge in [-0.3, -0.25) is 4.79 Å². The minimum Gasteiger partial charge on any atom is -0.377 e. The van der Waals surface area contributed by atoms with Gasteiger partial charge in [-0.25, -0.2) is 9.67 Å². The van der Waals surface area contributed by atoms with Crippen LogP contribution in [0, 0.1) is 5.92 Å². The molecule has 1 aromatic carbocycles. The molecule has 1 fully saturated rings. The summed E-state index contributed by atoms with van der Waals surface area (Å²) in [7, 11) is 0. The van der Waals surface area contributed by atoms with Crippen molar-refractivity contribution in [1.82, 2.24) is 20.1 Å². The molecule has 0 bridgehead atoms. The van der Waals surface area contributed by atoms with Crippen LogP contribution < -0.4 is 5.32 Å². The van der Waals surface area contributed by atoms with Crippen molar-refractivity contribution in [2.45, 2.75) is 38.8 Å². The maximum Gasteiger partial charge on any atom is 0.226 e. The van der Waals surface area contributed by atoms with Gasteiger partial charge >= 0.3 is 0 Å². The lowest BCUT2D eigenvalue weighted by atomic mass is 9.92. The number of nitrogens with one attached hydrogen (secondary N) is 1. The molecule has 1 N–H and O–H groups in total. The predicted octanol–water partition coefficient (Wildman–Crippen LogP) is 2.09. The van der Waals surface area contributed by atoms with Crippen molar-refractivity contribution in [2.75, 3.05) is 6.61 Å². The number of nitrogens with zero attached hydrogens (tertiary/aromatic N) is 3. The Kier molecular flexibility index (Phi) is 5.02. The fraction of sp³-hybridized carbons (Fsp3) is 0.471. The van der Waals surface area contributed by atoms with E-state index < -0.39 is 0 Å². The monoisotopic (exact) mass is 314 g/mol. The molecule has 6 nitrogen and oxygen atoms in total. The van der Waals surface area contributed by atoms with Crippen LogP contribution in [0.2, 0.25) is 0 Å². The molecule has 2 heterocycles. The van der Waals surface area contributed by atoms with Crippen molar-refractivity contribution in [2.24, 2.45) is 5.92 Å². The van der Waals surface area contributed by atoms with E-state index in [-0.39, 0.29) is 17.9 Å². The van der Waals surface area contributed by atoms with E-state index in [9.17, 15) is 4.79 Å². The molecule has 3 rings (SSSR count). The van der Waals surface area contributed by atoms with Gasteiger partial charge in [-0.1, -0.05) is 25.1 Å². The first-order chi connectivity index (χ1) is 11.3. The lowest BCUT2D eigenvalue weighted by Gasteiger charge is -2.30. The van der Waals surface area contributed by atoms with Crippen molar-refractivity contribution >= 4 is 5.91 Å². The van der Waals surface area contributed by atoms with Crippen LogP contribution in [0.4, 0.5) is 0 Å². The van der Waals surface area contributed by atoms with E-state index in [4.69, 9.17) is 4.74 Å². The van der Waals surface area contributed by atoms with Crippen LogP contribution >= 0.6 is 0 Å². The summed E-state index contributed by atoms with van der Waals surface area (Å²) in [5.41, 5.74) is 0.932. The van der Waals surface area contributed by atoms with Crippen molar-refractivity contribution in [3.8, 4) is 5.69 Å². The highest BCUT2D eigenvalue weighted by atomic mass is 16.5. The third-order valence-corrected chi connectivity index (χ3v) is 4.22. The first-order valence-corrected chi connectivity index (χ1v) is 8.13. The Labute approximate surface area is 135 Å². The lowest BCUT2D eigenvalue weighted by Crippen LogP contribution is -2.41. The second kappa shape index (κ2) is 7.37. The minimum absolute atomic E-state index is 0.0238. The van der Waals surface area contributed by atoms with Gasteiger partial charge in [0.15, 0.2) is 5.82 Å². The molecule has 1 aliphatic heterocycles. The maximum atomic E-state index is 12.5. The van der Waals surface area contributed by atoms with Gasteiger partial charge in [0.25, 0.3) is 0 Å². The summed E-state index contributed by atoms with van der Waals surface area (Å²) in [6.45, 7) is 3.17. The Balaban J connectivity index is 1.65. The third-order valence-electron chi connectivity index (χ3n) is 4.22. The Morgan fingerprint density at radius 3 is 3.00 bits per heavy atom. The summed E-state index contributed by atoms with van der Waals surface area (Å²) in [6.07, 6.45) is 4.21. The summed E-state index contributed by atoms with van der Waals surface area (Å²) < 4.78 is 7.44. The number of hydrogen-bond donors (Lipinski definition) is 1. The molecular weight excluding hydrogens is 292 g/mol. The quantitative estimate of drug-likeness (QED) is 0.917. The Morgan fingerprint density at radius 1 is 1.39 bits per heavy atom. The molecule has 2 aromatic rings. The fourth-order valence-corrected chi connectivity index (χ4v) is 3.01. The zero-order valence-corrected chi connectivity index (χ0v) is 13.3. The third kappa shape index (κ3) is 3.59. The first-order valence-electron chi connectivity index (χ1n) is 8.13. The molecular formula is C17H22N4O2. The molecule has 6 heteroatoms. The van der Waals surface area contributed by atoms with E-state index in [1.165, 1.54) is 6.33 Å². The largest absolute Gasteiger partial charge is 0.377 e. The number of benzene rings is 1. The van der Waals surface area contributed by atoms with Crippen LogP contribution in [0.25, 0.3) is 5.69 Å². The van der Waals surface area contributed by atoms with Crippen LogP contribution in [0.1, 0.15) is 32.0 Å². The van der Waals surface area contributed by atoms with E-state index in [1.807, 2.05) is 30.3 Å². The molecule has 122 valence electrons. The second-order valence-electron chi connectivity index (χ2n) is 5.71. The van der Waals surface area contributed by atoms with Crippen LogP contribution in [-0.4, -0.2) is 33.4 Å². The number of carbonyl (C=O) groups is 1. The van der Waals surface area contributed by atoms with Gasteiger partial charge in [0.05, 0.1) is 24.3 Å². The van der Waals surface area contributed by atoms with Gasteiger partial charge in [-0.2, -0.15) is 5.10 Å². The van der Waals surface area contributed by atoms with Crippen LogP contribution in [0.5, 0.6) is 0 Å². The molecule has 0 spiro atoms. The molecule has 0 unspecified atom stereocenters. The molecule has 1 saturated heterocycles. The topological polar surface area (TPSA) is 69.0 Å². The maximum absolute atomic E-state index is 12.5. The van der Waals surface area contributed by atoms with Crippen LogP contribution in [-0.2, 0) is 16.1 Å². The van der Waals surface area contributed by atoms with Gasteiger partial charge in [0, 0.05) is 6.61 Å². The zero-order valence-electron chi connectivity index (χ0n) is 13.3. The second-order valence-corrected chi connectivity index (χ2v) is 5.71. The predicted molar refractivity (Wildman–Crippen MR) is 86.0 cm³/mol. The van der Waals surface area contributed by atoms with E-state index >= 15 is 0 Å². The normalized spacial score (nSPS) is 21.1. The van der Waals surface area contributed by atoms with Gasteiger partial charge < -0.3 is 10.1 Å². The standard InChI is InChI=1S/C17H22N4O2/c1-2-15-14(9-6-10-23-15)17(22)18-11-16-19-12-20-21(16)13-7-4-3-5-8-13/h3-5,7-8,12,14-15H,2,6,9-11H2,1H3,(H,18,22)/t14-,15+/m1/s1. The van der Waals surface area contributed by atoms with Crippen LogP contribution in [0.15, 0.2) is 36.7 Å². The molecule has 23 heavy (non-hydrogen) atoms. The average Bonchev–Trinajstić information content (AvgIpc) is 3.09. The highest BCUT2D eigenvalue weighted by Crippen LogP contribution is 2.23. The highest BCUT2D eigenvalue weighted by Gasteiger charge is 2.30. The summed E-state index contributed by atoms with van der Waals surface area (Å²) in [5, 5.41) is 7.22. The summed E-state index contributed by atoms with van der Waals surface area (Å²) in [5.74, 6) is 0.690. The van der Waals surface area contributed by atoms with Crippen molar-refractivity contribution in [3.05, 3.63) is 42.5 Å². The first kappa shape index (κ1) is 15.7. The highest BCUT2D eigenvalue weighted by molar-refractivity contribution is 5.79. The van der Waals surface area contributed by atoms with Crippen LogP contribution in [0.3, 0.4) is 0 Å². The number of ether oxygens (including phenoxy) is 1. The molecule has 0 radical (unpaired) electrons. The smallest absolute Gasteiger partial charge is 0.226 e. The molecule has 0 saturated carbocycles. The Hall–Kier alpha value is -2.21. The van der Waals surface area contributed by atoms with Crippen molar-refractivity contribution in [1.29, 1.82) is 0 Å². The molecule has 1 aromatic heterocycles. The number of rotatable bonds is 5. The number of para-hydroxylation sites is 1. The van der Waals surface area contributed by atoms with Gasteiger partial charge in [0.1, 0.15) is 6.33 Å². The zero-order chi connectivity index (χ0) is 16.1. The number of aromatic nitrogens is 3. The molecule has 0 aliphatic carbocycles. The van der Waals surface area contributed by atoms with E-state index in [1.54, 1.807) is 4.68 Å². The number of amides is 1. The van der Waals surface area contributed by atoms with Gasteiger partial charge in [-0.05, 0) is 31.4 Å². The summed E-state index contributed by atoms with van der Waals surface area (Å²) in [6, 6.07) is 9.77. The lowest BCUT2D eigenvalue weighted by molar-refractivity contribution is -0.134. The summed E-state index contributed by atoms with van der Waals surface area (Å²) in [4.78, 5) is 16.7. The van der Waals surface area contributed by atoms with Crippen molar-refractivity contribution in [3.63, 3.8) is 0 Å². The van der Waals surface area contributed by atoms with E-state index in [0.29, 0.717) is 12.4 Å². The van der Waals surface area contributed by atoms with Gasteiger partial charge in [0.2, 0.25) is 5.91 Å².